The number of ether oxygens (including phenoxy) is 1. The molecule has 0 saturated carbocycles. The molecule has 2 aromatic rings. The number of nitrogens with one attached hydrogen (secondary N) is 2. The lowest BCUT2D eigenvalue weighted by Crippen LogP contribution is -2.31. The van der Waals surface area contributed by atoms with Gasteiger partial charge in [0.2, 0.25) is 0 Å². The van der Waals surface area contributed by atoms with Crippen molar-refractivity contribution >= 4 is 45.8 Å². The zero-order valence-corrected chi connectivity index (χ0v) is 16.3. The largest absolute Gasteiger partial charge is 0.453 e. The first-order valence-corrected chi connectivity index (χ1v) is 9.80. The average Bonchev–Trinajstić information content (AvgIpc) is 2.82. The molecular weight excluding hydrogens is 388 g/mol. The Kier molecular flexibility index (Phi) is 6.13. The molecule has 3 amide bonds. The van der Waals surface area contributed by atoms with Crippen LogP contribution in [-0.2, 0) is 17.6 Å². The topological polar surface area (TPSA) is 84.5 Å². The van der Waals surface area contributed by atoms with Gasteiger partial charge in [0, 0.05) is 4.88 Å². The van der Waals surface area contributed by atoms with Crippen LogP contribution in [0.4, 0.5) is 9.80 Å². The lowest BCUT2D eigenvalue weighted by Gasteiger charge is -2.09. The van der Waals surface area contributed by atoms with Gasteiger partial charge in [-0.3, -0.25) is 14.9 Å². The van der Waals surface area contributed by atoms with Gasteiger partial charge in [0.1, 0.15) is 5.00 Å². The van der Waals surface area contributed by atoms with Crippen molar-refractivity contribution in [3.8, 4) is 0 Å². The molecular formula is C19H19ClN2O4S. The number of carbonyl (C=O) groups excluding carboxylic acids is 3. The van der Waals surface area contributed by atoms with Crippen LogP contribution >= 0.6 is 22.9 Å². The Balaban J connectivity index is 1.96. The van der Waals surface area contributed by atoms with Crippen molar-refractivity contribution in [3.63, 3.8) is 0 Å². The molecule has 0 spiro atoms. The first-order valence-electron chi connectivity index (χ1n) is 8.61. The second-order valence-electron chi connectivity index (χ2n) is 6.15. The number of imide groups is 1. The summed E-state index contributed by atoms with van der Waals surface area (Å²) in [7, 11) is 1.19. The summed E-state index contributed by atoms with van der Waals surface area (Å²) in [6.07, 6.45) is 3.82. The number of thiophene rings is 1. The van der Waals surface area contributed by atoms with Gasteiger partial charge in [0.25, 0.3) is 11.8 Å². The quantitative estimate of drug-likeness (QED) is 0.739. The summed E-state index contributed by atoms with van der Waals surface area (Å²) in [5.41, 5.74) is 1.55. The van der Waals surface area contributed by atoms with E-state index in [-0.39, 0.29) is 0 Å². The molecule has 1 heterocycles. The number of methoxy groups -OCH3 is 1. The summed E-state index contributed by atoms with van der Waals surface area (Å²) in [5.74, 6) is -0.972. The van der Waals surface area contributed by atoms with Crippen molar-refractivity contribution < 1.29 is 19.1 Å². The molecule has 6 nitrogen and oxygen atoms in total. The summed E-state index contributed by atoms with van der Waals surface area (Å²) >= 11 is 7.48. The van der Waals surface area contributed by atoms with Crippen LogP contribution in [0.25, 0.3) is 0 Å². The van der Waals surface area contributed by atoms with Crippen molar-refractivity contribution in [2.75, 3.05) is 12.4 Å². The van der Waals surface area contributed by atoms with E-state index in [0.29, 0.717) is 21.2 Å². The molecule has 0 saturated heterocycles. The molecule has 2 N–H and O–H groups in total. The first-order chi connectivity index (χ1) is 13.0. The maximum atomic E-state index is 12.7. The molecule has 0 aliphatic heterocycles. The van der Waals surface area contributed by atoms with Crippen LogP contribution < -0.4 is 10.6 Å². The molecule has 1 aromatic heterocycles. The third-order valence-corrected chi connectivity index (χ3v) is 5.93. The van der Waals surface area contributed by atoms with Crippen molar-refractivity contribution in [1.82, 2.24) is 5.32 Å². The highest BCUT2D eigenvalue weighted by atomic mass is 35.5. The Bertz CT molecular complexity index is 894. The van der Waals surface area contributed by atoms with Gasteiger partial charge in [-0.25, -0.2) is 4.79 Å². The predicted molar refractivity (Wildman–Crippen MR) is 105 cm³/mol. The highest BCUT2D eigenvalue weighted by Gasteiger charge is 2.27. The summed E-state index contributed by atoms with van der Waals surface area (Å²) in [6.45, 7) is 0. The molecule has 0 bridgehead atoms. The van der Waals surface area contributed by atoms with Crippen LogP contribution in [0.1, 0.15) is 50.4 Å². The fourth-order valence-corrected chi connectivity index (χ4v) is 4.60. The number of rotatable bonds is 3. The lowest BCUT2D eigenvalue weighted by atomic mass is 10.0. The number of halogens is 1. The van der Waals surface area contributed by atoms with Crippen molar-refractivity contribution in [2.45, 2.75) is 32.1 Å². The van der Waals surface area contributed by atoms with E-state index in [1.165, 1.54) is 18.4 Å². The Hall–Kier alpha value is -2.38. The van der Waals surface area contributed by atoms with E-state index in [4.69, 9.17) is 11.6 Å². The summed E-state index contributed by atoms with van der Waals surface area (Å²) in [4.78, 5) is 37.9. The minimum absolute atomic E-state index is 0.321. The molecule has 8 heteroatoms. The van der Waals surface area contributed by atoms with E-state index in [2.05, 4.69) is 15.4 Å². The predicted octanol–water partition coefficient (Wildman–Crippen LogP) is 4.42. The number of aryl methyl sites for hydroxylation is 1. The number of carbonyl (C=O) groups is 3. The molecule has 0 fully saturated rings. The van der Waals surface area contributed by atoms with E-state index < -0.39 is 17.9 Å². The van der Waals surface area contributed by atoms with Crippen molar-refractivity contribution in [2.24, 2.45) is 0 Å². The van der Waals surface area contributed by atoms with Gasteiger partial charge in [-0.15, -0.1) is 11.3 Å². The maximum absolute atomic E-state index is 12.7. The molecule has 0 unspecified atom stereocenters. The van der Waals surface area contributed by atoms with E-state index >= 15 is 0 Å². The van der Waals surface area contributed by atoms with Crippen molar-refractivity contribution in [3.05, 3.63) is 50.9 Å². The van der Waals surface area contributed by atoms with Gasteiger partial charge in [0.05, 0.1) is 23.3 Å². The van der Waals surface area contributed by atoms with E-state index in [1.807, 2.05) is 0 Å². The van der Waals surface area contributed by atoms with E-state index in [0.717, 1.165) is 42.5 Å². The minimum Gasteiger partial charge on any atom is -0.453 e. The third kappa shape index (κ3) is 4.31. The van der Waals surface area contributed by atoms with Gasteiger partial charge in [0.15, 0.2) is 0 Å². The zero-order chi connectivity index (χ0) is 19.4. The van der Waals surface area contributed by atoms with E-state index in [9.17, 15) is 14.4 Å². The smallest absolute Gasteiger partial charge is 0.413 e. The zero-order valence-electron chi connectivity index (χ0n) is 14.8. The van der Waals surface area contributed by atoms with Crippen molar-refractivity contribution in [1.29, 1.82) is 0 Å². The lowest BCUT2D eigenvalue weighted by molar-refractivity contribution is 0.0937. The number of hydrogen-bond acceptors (Lipinski definition) is 5. The van der Waals surface area contributed by atoms with Gasteiger partial charge in [-0.2, -0.15) is 0 Å². The molecule has 1 aliphatic carbocycles. The Labute approximate surface area is 165 Å². The molecule has 0 radical (unpaired) electrons. The molecule has 1 aromatic carbocycles. The third-order valence-electron chi connectivity index (χ3n) is 4.39. The van der Waals surface area contributed by atoms with Crippen LogP contribution in [0.3, 0.4) is 0 Å². The number of benzene rings is 1. The van der Waals surface area contributed by atoms with Gasteiger partial charge >= 0.3 is 6.09 Å². The number of amides is 3. The van der Waals surface area contributed by atoms with Crippen LogP contribution in [0.2, 0.25) is 5.02 Å². The number of hydrogen-bond donors (Lipinski definition) is 2. The fraction of sp³-hybridized carbons (Fsp3) is 0.316. The molecule has 27 heavy (non-hydrogen) atoms. The van der Waals surface area contributed by atoms with Crippen LogP contribution in [-0.4, -0.2) is 25.0 Å². The number of anilines is 1. The summed E-state index contributed by atoms with van der Waals surface area (Å²) in [6, 6.07) is 6.70. The Morgan fingerprint density at radius 3 is 2.56 bits per heavy atom. The SMILES string of the molecule is COC(=O)NC(=O)c1c(NC(=O)c2ccccc2Cl)sc2c1CCCCC2. The van der Waals surface area contributed by atoms with Gasteiger partial charge < -0.3 is 10.1 Å². The first kappa shape index (κ1) is 19.4. The second-order valence-corrected chi connectivity index (χ2v) is 7.66. The standard InChI is InChI=1S/C19H19ClN2O4S/c1-26-19(25)22-17(24)15-12-8-3-2-4-10-14(12)27-18(15)21-16(23)11-7-5-6-9-13(11)20/h5-7,9H,2-4,8,10H2,1H3,(H,21,23)(H,22,24,25). The molecule has 3 rings (SSSR count). The average molecular weight is 407 g/mol. The highest BCUT2D eigenvalue weighted by Crippen LogP contribution is 2.38. The van der Waals surface area contributed by atoms with Gasteiger partial charge in [-0.1, -0.05) is 30.2 Å². The highest BCUT2D eigenvalue weighted by molar-refractivity contribution is 7.17. The van der Waals surface area contributed by atoms with Crippen LogP contribution in [0.15, 0.2) is 24.3 Å². The summed E-state index contributed by atoms with van der Waals surface area (Å²) in [5, 5.41) is 5.75. The van der Waals surface area contributed by atoms with Gasteiger partial charge in [-0.05, 0) is 43.4 Å². The van der Waals surface area contributed by atoms with E-state index in [1.54, 1.807) is 24.3 Å². The number of alkyl carbamates (subject to hydrolysis) is 1. The molecule has 1 aliphatic rings. The summed E-state index contributed by atoms with van der Waals surface area (Å²) < 4.78 is 4.52. The number of fused-ring (bicyclic) bond motifs is 1. The Morgan fingerprint density at radius 1 is 1.07 bits per heavy atom. The van der Waals surface area contributed by atoms with Crippen LogP contribution in [0, 0.1) is 0 Å². The maximum Gasteiger partial charge on any atom is 0.413 e. The monoisotopic (exact) mass is 406 g/mol. The second kappa shape index (κ2) is 8.54. The van der Waals surface area contributed by atoms with Crippen LogP contribution in [0.5, 0.6) is 0 Å². The normalized spacial score (nSPS) is 13.3. The molecule has 0 atom stereocenters. The molecule has 142 valence electrons. The Morgan fingerprint density at radius 2 is 1.81 bits per heavy atom. The minimum atomic E-state index is -0.836. The fourth-order valence-electron chi connectivity index (χ4n) is 3.09.